The number of hydrogen-bond acceptors (Lipinski definition) is 9. The summed E-state index contributed by atoms with van der Waals surface area (Å²) < 4.78 is 39.4. The molecule has 0 aliphatic carbocycles. The molecule has 2 N–H and O–H groups in total. The lowest BCUT2D eigenvalue weighted by Gasteiger charge is -2.41. The number of anilines is 1. The van der Waals surface area contributed by atoms with Gasteiger partial charge in [0.15, 0.2) is 11.0 Å². The Morgan fingerprint density at radius 3 is 2.28 bits per heavy atom. The molecule has 4 rings (SSSR count). The molecule has 0 saturated carbocycles. The molecule has 0 radical (unpaired) electrons. The number of carbonyl (C=O) groups is 2. The smallest absolute Gasteiger partial charge is 0.385 e. The summed E-state index contributed by atoms with van der Waals surface area (Å²) >= 11 is 1.17. The molecule has 0 amide bonds. The van der Waals surface area contributed by atoms with Crippen molar-refractivity contribution in [3.05, 3.63) is 53.1 Å². The van der Waals surface area contributed by atoms with Gasteiger partial charge in [0.25, 0.3) is 0 Å². The first kappa shape index (κ1) is 33.3. The van der Waals surface area contributed by atoms with Gasteiger partial charge in [-0.1, -0.05) is 46.8 Å². The largest absolute Gasteiger partial charge is 0.457 e. The van der Waals surface area contributed by atoms with Gasteiger partial charge in [-0.05, 0) is 79.1 Å². The predicted octanol–water partition coefficient (Wildman–Crippen LogP) is 4.75. The number of esters is 1. The molecule has 0 bridgehead atoms. The van der Waals surface area contributed by atoms with Gasteiger partial charge in [-0.3, -0.25) is 9.59 Å². The zero-order valence-electron chi connectivity index (χ0n) is 26.3. The number of thioether (sulfide) groups is 1. The van der Waals surface area contributed by atoms with E-state index in [9.17, 15) is 18.0 Å². The summed E-state index contributed by atoms with van der Waals surface area (Å²) in [7, 11) is -2.03. The number of cyclic esters (lactones) is 1. The van der Waals surface area contributed by atoms with Crippen LogP contribution in [0.3, 0.4) is 0 Å². The minimum absolute atomic E-state index is 0.0498. The number of piperazine rings is 1. The molecule has 2 aliphatic heterocycles. The van der Waals surface area contributed by atoms with E-state index in [1.54, 1.807) is 13.0 Å². The van der Waals surface area contributed by atoms with Crippen LogP contribution in [-0.4, -0.2) is 73.5 Å². The Labute approximate surface area is 260 Å². The number of ketones is 1. The number of nitrogens with two attached hydrogens (primary N) is 1. The number of aryl methyl sites for hydroxylation is 2. The van der Waals surface area contributed by atoms with Gasteiger partial charge in [0, 0.05) is 43.2 Å². The zero-order chi connectivity index (χ0) is 31.7. The van der Waals surface area contributed by atoms with E-state index in [-0.39, 0.29) is 23.9 Å². The number of rotatable bonds is 9. The summed E-state index contributed by atoms with van der Waals surface area (Å²) in [6, 6.07) is 11.1. The van der Waals surface area contributed by atoms with Crippen LogP contribution in [0.25, 0.3) is 0 Å². The average molecular weight is 632 g/mol. The van der Waals surface area contributed by atoms with Crippen molar-refractivity contribution in [1.82, 2.24) is 9.21 Å². The van der Waals surface area contributed by atoms with Crippen molar-refractivity contribution in [3.8, 4) is 5.75 Å². The van der Waals surface area contributed by atoms with E-state index < -0.39 is 32.5 Å². The monoisotopic (exact) mass is 631 g/mol. The molecule has 2 aliphatic rings. The summed E-state index contributed by atoms with van der Waals surface area (Å²) in [6.45, 7) is 13.7. The minimum atomic E-state index is -3.99. The Balaban J connectivity index is 1.55. The summed E-state index contributed by atoms with van der Waals surface area (Å²) in [5.41, 5.74) is 7.65. The second-order valence-electron chi connectivity index (χ2n) is 13.1. The molecule has 0 aromatic heterocycles. The van der Waals surface area contributed by atoms with E-state index in [4.69, 9.17) is 14.7 Å². The van der Waals surface area contributed by atoms with Crippen LogP contribution in [0.2, 0.25) is 0 Å². The Morgan fingerprint density at radius 2 is 1.72 bits per heavy atom. The number of nitrogen functional groups attached to an aromatic ring is 1. The van der Waals surface area contributed by atoms with Gasteiger partial charge in [0.05, 0.1) is 0 Å². The number of ether oxygens (including phenoxy) is 1. The number of Topliss-reactive ketones (excluding diaryl/α,β-unsaturated/α-hetero) is 1. The van der Waals surface area contributed by atoms with Crippen molar-refractivity contribution in [2.24, 2.45) is 5.92 Å². The van der Waals surface area contributed by atoms with E-state index in [2.05, 4.69) is 4.90 Å². The predicted molar refractivity (Wildman–Crippen MR) is 171 cm³/mol. The molecule has 2 saturated heterocycles. The zero-order valence-corrected chi connectivity index (χ0v) is 27.9. The normalized spacial score (nSPS) is 22.6. The third kappa shape index (κ3) is 7.74. The van der Waals surface area contributed by atoms with Gasteiger partial charge in [0.2, 0.25) is 0 Å². The fraction of sp³-hybridized carbons (Fsp3) is 0.562. The van der Waals surface area contributed by atoms with Gasteiger partial charge in [0.1, 0.15) is 11.4 Å². The lowest BCUT2D eigenvalue weighted by Crippen LogP contribution is -2.52. The van der Waals surface area contributed by atoms with Crippen LogP contribution in [0.1, 0.15) is 64.2 Å². The quantitative estimate of drug-likeness (QED) is 0.238. The van der Waals surface area contributed by atoms with Crippen molar-refractivity contribution in [3.63, 3.8) is 0 Å². The lowest BCUT2D eigenvalue weighted by molar-refractivity contribution is -0.176. The molecular weight excluding hydrogens is 587 g/mol. The number of nitrogens with zero attached hydrogens (tertiary/aromatic N) is 2. The molecule has 2 fully saturated rings. The molecule has 11 heteroatoms. The first-order valence-corrected chi connectivity index (χ1v) is 17.0. The van der Waals surface area contributed by atoms with Gasteiger partial charge in [-0.15, -0.1) is 11.8 Å². The Bertz CT molecular complexity index is 1420. The molecule has 2 heterocycles. The van der Waals surface area contributed by atoms with Crippen molar-refractivity contribution in [2.45, 2.75) is 82.0 Å². The number of carbonyl (C=O) groups excluding carboxylic acids is 2. The standard InChI is InChI=1S/C32H45N3O6S2/c1-21(2)32(13-12-23-8-10-24(33)11-9-23)20-26(36)29(30(37)40-32)42-28-18-22(3)27(19-25(28)31(4,5)6)41-43(38,39)35-16-14-34(7)15-17-35/h8-11,18-19,21,29H,12-17,20,33H2,1-7H3. The number of likely N-dealkylation sites (N-methyl/N-ethyl adjacent to an activating group) is 1. The van der Waals surface area contributed by atoms with Crippen LogP contribution in [0, 0.1) is 12.8 Å². The summed E-state index contributed by atoms with van der Waals surface area (Å²) in [6.07, 6.45) is 1.32. The van der Waals surface area contributed by atoms with Crippen LogP contribution in [0.5, 0.6) is 5.75 Å². The summed E-state index contributed by atoms with van der Waals surface area (Å²) in [4.78, 5) is 29.9. The van der Waals surface area contributed by atoms with Crippen LogP contribution in [0.15, 0.2) is 41.3 Å². The van der Waals surface area contributed by atoms with Crippen LogP contribution in [0.4, 0.5) is 5.69 Å². The van der Waals surface area contributed by atoms with E-state index in [1.807, 2.05) is 72.0 Å². The SMILES string of the molecule is Cc1cc(SC2C(=O)CC(CCc3ccc(N)cc3)(C(C)C)OC2=O)c(C(C)(C)C)cc1OS(=O)(=O)N1CCN(C)CC1. The molecule has 0 spiro atoms. The molecular formula is C32H45N3O6S2. The molecule has 2 atom stereocenters. The van der Waals surface area contributed by atoms with Crippen molar-refractivity contribution < 1.29 is 26.9 Å². The highest BCUT2D eigenvalue weighted by molar-refractivity contribution is 8.01. The first-order valence-electron chi connectivity index (χ1n) is 14.8. The molecule has 2 aromatic carbocycles. The highest BCUT2D eigenvalue weighted by Crippen LogP contribution is 2.44. The Hall–Kier alpha value is -2.60. The van der Waals surface area contributed by atoms with Gasteiger partial charge in [-0.2, -0.15) is 12.7 Å². The Kier molecular flexibility index (Phi) is 9.90. The lowest BCUT2D eigenvalue weighted by atomic mass is 9.78. The van der Waals surface area contributed by atoms with Crippen molar-refractivity contribution >= 4 is 39.5 Å². The maximum absolute atomic E-state index is 13.6. The highest BCUT2D eigenvalue weighted by atomic mass is 32.2. The van der Waals surface area contributed by atoms with Gasteiger partial charge in [-0.25, -0.2) is 0 Å². The summed E-state index contributed by atoms with van der Waals surface area (Å²) in [5, 5.41) is -1.01. The van der Waals surface area contributed by atoms with Gasteiger partial charge < -0.3 is 19.6 Å². The molecule has 9 nitrogen and oxygen atoms in total. The fourth-order valence-electron chi connectivity index (χ4n) is 5.45. The molecule has 2 aromatic rings. The van der Waals surface area contributed by atoms with E-state index >= 15 is 0 Å². The number of hydrogen-bond donors (Lipinski definition) is 1. The molecule has 236 valence electrons. The first-order chi connectivity index (χ1) is 20.0. The third-order valence-corrected chi connectivity index (χ3v) is 11.1. The van der Waals surface area contributed by atoms with Gasteiger partial charge >= 0.3 is 16.3 Å². The van der Waals surface area contributed by atoms with Crippen molar-refractivity contribution in [1.29, 1.82) is 0 Å². The third-order valence-electron chi connectivity index (χ3n) is 8.46. The fourth-order valence-corrected chi connectivity index (χ4v) is 7.93. The minimum Gasteiger partial charge on any atom is -0.457 e. The highest BCUT2D eigenvalue weighted by Gasteiger charge is 2.49. The Morgan fingerprint density at radius 1 is 1.09 bits per heavy atom. The second-order valence-corrected chi connectivity index (χ2v) is 15.8. The topological polar surface area (TPSA) is 119 Å². The van der Waals surface area contributed by atoms with E-state index in [1.165, 1.54) is 16.1 Å². The van der Waals surface area contributed by atoms with Crippen LogP contribution >= 0.6 is 11.8 Å². The number of benzene rings is 2. The molecule has 2 unspecified atom stereocenters. The second kappa shape index (κ2) is 12.8. The molecule has 43 heavy (non-hydrogen) atoms. The summed E-state index contributed by atoms with van der Waals surface area (Å²) in [5.74, 6) is -0.510. The average Bonchev–Trinajstić information content (AvgIpc) is 2.91. The maximum atomic E-state index is 13.6. The van der Waals surface area contributed by atoms with E-state index in [0.29, 0.717) is 50.3 Å². The van der Waals surface area contributed by atoms with Crippen LogP contribution in [-0.2, 0) is 36.5 Å². The van der Waals surface area contributed by atoms with Crippen molar-refractivity contribution in [2.75, 3.05) is 39.0 Å². The maximum Gasteiger partial charge on any atom is 0.385 e. The van der Waals surface area contributed by atoms with Crippen LogP contribution < -0.4 is 9.92 Å². The van der Waals surface area contributed by atoms with E-state index in [0.717, 1.165) is 16.0 Å².